The largest absolute Gasteiger partial charge is 0.385 e. The van der Waals surface area contributed by atoms with Crippen LogP contribution in [-0.2, 0) is 6.42 Å². The SMILES string of the molecule is O=C(Nc1ccc2c(c1)NCCC2)c1cn[nH]c1. The van der Waals surface area contributed by atoms with Gasteiger partial charge in [0, 0.05) is 24.1 Å². The maximum Gasteiger partial charge on any atom is 0.258 e. The number of anilines is 2. The fourth-order valence-electron chi connectivity index (χ4n) is 2.12. The van der Waals surface area contributed by atoms with E-state index < -0.39 is 0 Å². The summed E-state index contributed by atoms with van der Waals surface area (Å²) in [6.45, 7) is 0.992. The highest BCUT2D eigenvalue weighted by atomic mass is 16.1. The van der Waals surface area contributed by atoms with Gasteiger partial charge < -0.3 is 10.6 Å². The van der Waals surface area contributed by atoms with Crippen LogP contribution in [0.25, 0.3) is 0 Å². The smallest absolute Gasteiger partial charge is 0.258 e. The van der Waals surface area contributed by atoms with Crippen LogP contribution in [0.2, 0.25) is 0 Å². The second-order valence-electron chi connectivity index (χ2n) is 4.34. The molecule has 18 heavy (non-hydrogen) atoms. The van der Waals surface area contributed by atoms with Gasteiger partial charge in [0.25, 0.3) is 5.91 Å². The lowest BCUT2D eigenvalue weighted by atomic mass is 10.0. The molecule has 0 aliphatic carbocycles. The number of benzene rings is 1. The first-order valence-corrected chi connectivity index (χ1v) is 6.00. The summed E-state index contributed by atoms with van der Waals surface area (Å²) >= 11 is 0. The van der Waals surface area contributed by atoms with Crippen molar-refractivity contribution in [2.75, 3.05) is 17.2 Å². The number of aromatic nitrogens is 2. The summed E-state index contributed by atoms with van der Waals surface area (Å²) in [6.07, 6.45) is 5.34. The first-order valence-electron chi connectivity index (χ1n) is 6.00. The van der Waals surface area contributed by atoms with Crippen molar-refractivity contribution in [1.29, 1.82) is 0 Å². The van der Waals surface area contributed by atoms with E-state index in [1.54, 1.807) is 6.20 Å². The van der Waals surface area contributed by atoms with Crippen LogP contribution in [0, 0.1) is 0 Å². The van der Waals surface area contributed by atoms with Crippen molar-refractivity contribution in [2.45, 2.75) is 12.8 Å². The van der Waals surface area contributed by atoms with Crippen LogP contribution < -0.4 is 10.6 Å². The molecule has 0 saturated carbocycles. The zero-order valence-electron chi connectivity index (χ0n) is 9.86. The van der Waals surface area contributed by atoms with E-state index in [0.717, 1.165) is 30.8 Å². The summed E-state index contributed by atoms with van der Waals surface area (Å²) in [4.78, 5) is 11.9. The highest BCUT2D eigenvalue weighted by Crippen LogP contribution is 2.25. The Balaban J connectivity index is 1.79. The summed E-state index contributed by atoms with van der Waals surface area (Å²) in [5.41, 5.74) is 3.75. The van der Waals surface area contributed by atoms with Gasteiger partial charge in [-0.05, 0) is 30.5 Å². The molecular weight excluding hydrogens is 228 g/mol. The lowest BCUT2D eigenvalue weighted by Gasteiger charge is -2.18. The Hall–Kier alpha value is -2.30. The Labute approximate surface area is 105 Å². The molecule has 5 heteroatoms. The third kappa shape index (κ3) is 2.07. The van der Waals surface area contributed by atoms with Gasteiger partial charge >= 0.3 is 0 Å². The molecule has 0 radical (unpaired) electrons. The Kier molecular flexibility index (Phi) is 2.72. The normalized spacial score (nSPS) is 13.6. The first kappa shape index (κ1) is 10.8. The maximum atomic E-state index is 11.9. The van der Waals surface area contributed by atoms with Gasteiger partial charge in [-0.1, -0.05) is 6.07 Å². The summed E-state index contributed by atoms with van der Waals surface area (Å²) in [5.74, 6) is -0.153. The van der Waals surface area contributed by atoms with Crippen molar-refractivity contribution in [1.82, 2.24) is 10.2 Å². The molecule has 92 valence electrons. The molecule has 1 aliphatic rings. The summed E-state index contributed by atoms with van der Waals surface area (Å²) in [7, 11) is 0. The molecule has 5 nitrogen and oxygen atoms in total. The third-order valence-corrected chi connectivity index (χ3v) is 3.07. The molecule has 3 rings (SSSR count). The molecule has 3 N–H and O–H groups in total. The van der Waals surface area contributed by atoms with E-state index in [1.807, 2.05) is 12.1 Å². The van der Waals surface area contributed by atoms with Gasteiger partial charge in [0.05, 0.1) is 11.8 Å². The molecule has 0 fully saturated rings. The van der Waals surface area contributed by atoms with Crippen molar-refractivity contribution in [3.8, 4) is 0 Å². The van der Waals surface area contributed by atoms with E-state index in [2.05, 4.69) is 26.9 Å². The minimum atomic E-state index is -0.153. The number of amides is 1. The van der Waals surface area contributed by atoms with E-state index in [0.29, 0.717) is 5.56 Å². The Morgan fingerprint density at radius 2 is 2.33 bits per heavy atom. The lowest BCUT2D eigenvalue weighted by molar-refractivity contribution is 0.102. The van der Waals surface area contributed by atoms with Gasteiger partial charge in [0.15, 0.2) is 0 Å². The van der Waals surface area contributed by atoms with E-state index in [-0.39, 0.29) is 5.91 Å². The second-order valence-corrected chi connectivity index (χ2v) is 4.34. The van der Waals surface area contributed by atoms with Crippen molar-refractivity contribution < 1.29 is 4.79 Å². The van der Waals surface area contributed by atoms with Crippen LogP contribution in [0.4, 0.5) is 11.4 Å². The number of aromatic amines is 1. The molecule has 0 bridgehead atoms. The van der Waals surface area contributed by atoms with Crippen LogP contribution >= 0.6 is 0 Å². The molecule has 1 aromatic carbocycles. The Morgan fingerprint density at radius 1 is 1.39 bits per heavy atom. The summed E-state index contributed by atoms with van der Waals surface area (Å²) in [5, 5.41) is 12.6. The molecule has 2 heterocycles. The van der Waals surface area contributed by atoms with Crippen molar-refractivity contribution in [3.63, 3.8) is 0 Å². The van der Waals surface area contributed by atoms with Crippen LogP contribution in [0.15, 0.2) is 30.6 Å². The monoisotopic (exact) mass is 242 g/mol. The highest BCUT2D eigenvalue weighted by molar-refractivity contribution is 6.04. The van der Waals surface area contributed by atoms with Gasteiger partial charge in [-0.2, -0.15) is 5.10 Å². The molecule has 0 atom stereocenters. The van der Waals surface area contributed by atoms with Gasteiger partial charge in [0.2, 0.25) is 0 Å². The van der Waals surface area contributed by atoms with E-state index >= 15 is 0 Å². The van der Waals surface area contributed by atoms with E-state index in [4.69, 9.17) is 0 Å². The summed E-state index contributed by atoms with van der Waals surface area (Å²) in [6, 6.07) is 5.97. The number of carbonyl (C=O) groups is 1. The zero-order chi connectivity index (χ0) is 12.4. The molecule has 0 unspecified atom stereocenters. The number of rotatable bonds is 2. The molecule has 0 saturated heterocycles. The minimum Gasteiger partial charge on any atom is -0.385 e. The van der Waals surface area contributed by atoms with E-state index in [9.17, 15) is 4.79 Å². The first-order chi connectivity index (χ1) is 8.83. The number of H-pyrrole nitrogens is 1. The number of aryl methyl sites for hydroxylation is 1. The van der Waals surface area contributed by atoms with Crippen LogP contribution in [0.1, 0.15) is 22.3 Å². The number of hydrogen-bond acceptors (Lipinski definition) is 3. The number of carbonyl (C=O) groups excluding carboxylic acids is 1. The number of nitrogens with one attached hydrogen (secondary N) is 3. The number of hydrogen-bond donors (Lipinski definition) is 3. The second kappa shape index (κ2) is 4.52. The van der Waals surface area contributed by atoms with Gasteiger partial charge in [-0.25, -0.2) is 0 Å². The fraction of sp³-hybridized carbons (Fsp3) is 0.231. The standard InChI is InChI=1S/C13H14N4O/c18-13(10-7-15-16-8-10)17-11-4-3-9-2-1-5-14-12(9)6-11/h3-4,6-8,14H,1-2,5H2,(H,15,16)(H,17,18). The lowest BCUT2D eigenvalue weighted by Crippen LogP contribution is -2.14. The predicted molar refractivity (Wildman–Crippen MR) is 69.8 cm³/mol. The summed E-state index contributed by atoms with van der Waals surface area (Å²) < 4.78 is 0. The number of fused-ring (bicyclic) bond motifs is 1. The van der Waals surface area contributed by atoms with Gasteiger partial charge in [-0.15, -0.1) is 0 Å². The van der Waals surface area contributed by atoms with E-state index in [1.165, 1.54) is 11.8 Å². The van der Waals surface area contributed by atoms with Crippen LogP contribution in [-0.4, -0.2) is 22.6 Å². The van der Waals surface area contributed by atoms with Crippen molar-refractivity contribution >= 4 is 17.3 Å². The van der Waals surface area contributed by atoms with Crippen molar-refractivity contribution in [2.24, 2.45) is 0 Å². The van der Waals surface area contributed by atoms with Crippen LogP contribution in [0.3, 0.4) is 0 Å². The third-order valence-electron chi connectivity index (χ3n) is 3.07. The fourth-order valence-corrected chi connectivity index (χ4v) is 2.12. The van der Waals surface area contributed by atoms with Gasteiger partial charge in [0.1, 0.15) is 0 Å². The van der Waals surface area contributed by atoms with Crippen molar-refractivity contribution in [3.05, 3.63) is 41.7 Å². The molecular formula is C13H14N4O. The average molecular weight is 242 g/mol. The maximum absolute atomic E-state index is 11.9. The Morgan fingerprint density at radius 3 is 3.17 bits per heavy atom. The number of nitrogens with zero attached hydrogens (tertiary/aromatic N) is 1. The molecule has 1 amide bonds. The molecule has 0 spiro atoms. The minimum absolute atomic E-state index is 0.153. The molecule has 1 aromatic heterocycles. The zero-order valence-corrected chi connectivity index (χ0v) is 9.86. The Bertz CT molecular complexity index is 562. The van der Waals surface area contributed by atoms with Crippen LogP contribution in [0.5, 0.6) is 0 Å². The molecule has 1 aliphatic heterocycles. The quantitative estimate of drug-likeness (QED) is 0.754. The molecule has 2 aromatic rings. The predicted octanol–water partition coefficient (Wildman–Crippen LogP) is 2.02. The average Bonchev–Trinajstić information content (AvgIpc) is 2.92. The highest BCUT2D eigenvalue weighted by Gasteiger charge is 2.11. The topological polar surface area (TPSA) is 69.8 Å². The van der Waals surface area contributed by atoms with Gasteiger partial charge in [-0.3, -0.25) is 9.89 Å².